The molecule has 0 atom stereocenters. The highest BCUT2D eigenvalue weighted by Gasteiger charge is 2.07. The van der Waals surface area contributed by atoms with Crippen LogP contribution in [0.15, 0.2) is 18.2 Å². The molecule has 0 amide bonds. The molecule has 3 nitrogen and oxygen atoms in total. The molecule has 1 aromatic rings. The zero-order chi connectivity index (χ0) is 9.68. The van der Waals surface area contributed by atoms with Crippen LogP contribution in [0.25, 0.3) is 0 Å². The fourth-order valence-corrected chi connectivity index (χ4v) is 1.16. The highest BCUT2D eigenvalue weighted by molar-refractivity contribution is 5.64. The minimum absolute atomic E-state index is 0.733. The Balaban J connectivity index is 0.000000396. The summed E-state index contributed by atoms with van der Waals surface area (Å²) in [6, 6.07) is 5.61. The molecule has 0 aliphatic carbocycles. The molecule has 0 saturated carbocycles. The highest BCUT2D eigenvalue weighted by atomic mass is 16.5. The standard InChI is InChI=1S/C8H10N2O.C2H6/c9-6-1-2-8-7(5-6)10-3-4-11-8;1-2/h1-2,5,10H,3-4,9H2;1-2H3. The highest BCUT2D eigenvalue weighted by Crippen LogP contribution is 2.28. The second-order valence-corrected chi connectivity index (χ2v) is 2.53. The molecule has 0 fully saturated rings. The summed E-state index contributed by atoms with van der Waals surface area (Å²) in [7, 11) is 0. The maximum absolute atomic E-state index is 5.59. The van der Waals surface area contributed by atoms with Crippen LogP contribution in [-0.4, -0.2) is 13.2 Å². The summed E-state index contributed by atoms with van der Waals surface area (Å²) in [5.74, 6) is 0.894. The van der Waals surface area contributed by atoms with Gasteiger partial charge in [0.2, 0.25) is 0 Å². The minimum atomic E-state index is 0.733. The Kier molecular flexibility index (Phi) is 3.43. The molecule has 3 N–H and O–H groups in total. The largest absolute Gasteiger partial charge is 0.490 e. The maximum atomic E-state index is 5.59. The lowest BCUT2D eigenvalue weighted by atomic mass is 10.2. The second-order valence-electron chi connectivity index (χ2n) is 2.53. The number of hydrogen-bond acceptors (Lipinski definition) is 3. The van der Waals surface area contributed by atoms with Gasteiger partial charge in [0.25, 0.3) is 0 Å². The van der Waals surface area contributed by atoms with E-state index in [1.807, 2.05) is 32.0 Å². The molecular weight excluding hydrogens is 164 g/mol. The van der Waals surface area contributed by atoms with E-state index in [9.17, 15) is 0 Å². The van der Waals surface area contributed by atoms with Crippen molar-refractivity contribution in [1.29, 1.82) is 0 Å². The van der Waals surface area contributed by atoms with Gasteiger partial charge in [-0.05, 0) is 18.2 Å². The molecule has 1 aliphatic heterocycles. The van der Waals surface area contributed by atoms with Gasteiger partial charge in [0.15, 0.2) is 0 Å². The van der Waals surface area contributed by atoms with Gasteiger partial charge in [0.05, 0.1) is 5.69 Å². The van der Waals surface area contributed by atoms with E-state index in [2.05, 4.69) is 5.32 Å². The van der Waals surface area contributed by atoms with E-state index in [1.165, 1.54) is 0 Å². The molecule has 1 aromatic carbocycles. The van der Waals surface area contributed by atoms with Gasteiger partial charge in [-0.2, -0.15) is 0 Å². The summed E-state index contributed by atoms with van der Waals surface area (Å²) in [5.41, 5.74) is 7.35. The molecule has 1 aliphatic rings. The van der Waals surface area contributed by atoms with Crippen molar-refractivity contribution < 1.29 is 4.74 Å². The van der Waals surface area contributed by atoms with E-state index in [1.54, 1.807) is 0 Å². The Morgan fingerprint density at radius 3 is 2.92 bits per heavy atom. The molecule has 3 heteroatoms. The fourth-order valence-electron chi connectivity index (χ4n) is 1.16. The molecule has 0 spiro atoms. The van der Waals surface area contributed by atoms with Gasteiger partial charge in [-0.1, -0.05) is 13.8 Å². The molecule has 0 aromatic heterocycles. The van der Waals surface area contributed by atoms with Crippen molar-refractivity contribution in [2.24, 2.45) is 0 Å². The van der Waals surface area contributed by atoms with Crippen LogP contribution < -0.4 is 15.8 Å². The van der Waals surface area contributed by atoms with Gasteiger partial charge in [-0.15, -0.1) is 0 Å². The average Bonchev–Trinajstić information content (AvgIpc) is 2.21. The summed E-state index contributed by atoms with van der Waals surface area (Å²) in [6.07, 6.45) is 0. The Hall–Kier alpha value is -1.38. The minimum Gasteiger partial charge on any atom is -0.490 e. The number of benzene rings is 1. The van der Waals surface area contributed by atoms with E-state index in [0.717, 1.165) is 30.3 Å². The second kappa shape index (κ2) is 4.60. The lowest BCUT2D eigenvalue weighted by molar-refractivity contribution is 0.323. The third-order valence-electron chi connectivity index (χ3n) is 1.68. The number of nitrogen functional groups attached to an aromatic ring is 1. The first-order valence-electron chi connectivity index (χ1n) is 4.62. The molecule has 0 radical (unpaired) electrons. The van der Waals surface area contributed by atoms with Crippen molar-refractivity contribution in [2.45, 2.75) is 13.8 Å². The molecule has 72 valence electrons. The van der Waals surface area contributed by atoms with Crippen LogP contribution in [-0.2, 0) is 0 Å². The third-order valence-corrected chi connectivity index (χ3v) is 1.68. The monoisotopic (exact) mass is 180 g/mol. The summed E-state index contributed by atoms with van der Waals surface area (Å²) in [6.45, 7) is 5.59. The number of hydrogen-bond donors (Lipinski definition) is 2. The topological polar surface area (TPSA) is 47.3 Å². The molecule has 0 unspecified atom stereocenters. The van der Waals surface area contributed by atoms with Crippen LogP contribution in [0.2, 0.25) is 0 Å². The van der Waals surface area contributed by atoms with Crippen LogP contribution in [0, 0.1) is 0 Å². The van der Waals surface area contributed by atoms with Gasteiger partial charge in [0, 0.05) is 12.2 Å². The SMILES string of the molecule is CC.Nc1ccc2c(c1)NCCO2. The maximum Gasteiger partial charge on any atom is 0.142 e. The summed E-state index contributed by atoms with van der Waals surface area (Å²) >= 11 is 0. The first-order valence-corrected chi connectivity index (χ1v) is 4.62. The first kappa shape index (κ1) is 9.71. The molecule has 13 heavy (non-hydrogen) atoms. The van der Waals surface area contributed by atoms with E-state index < -0.39 is 0 Å². The third kappa shape index (κ3) is 2.28. The molecular formula is C10H16N2O. The quantitative estimate of drug-likeness (QED) is 0.601. The zero-order valence-electron chi connectivity index (χ0n) is 8.13. The van der Waals surface area contributed by atoms with Crippen LogP contribution in [0.4, 0.5) is 11.4 Å². The van der Waals surface area contributed by atoms with Crippen molar-refractivity contribution in [1.82, 2.24) is 0 Å². The number of anilines is 2. The molecule has 1 heterocycles. The summed E-state index contributed by atoms with van der Waals surface area (Å²) in [4.78, 5) is 0. The van der Waals surface area contributed by atoms with Gasteiger partial charge in [-0.3, -0.25) is 0 Å². The molecule has 0 saturated heterocycles. The van der Waals surface area contributed by atoms with Gasteiger partial charge >= 0.3 is 0 Å². The van der Waals surface area contributed by atoms with Crippen molar-refractivity contribution in [3.63, 3.8) is 0 Å². The Bertz CT molecular complexity index is 274. The van der Waals surface area contributed by atoms with Gasteiger partial charge in [-0.25, -0.2) is 0 Å². The van der Waals surface area contributed by atoms with Crippen molar-refractivity contribution in [2.75, 3.05) is 24.2 Å². The lowest BCUT2D eigenvalue weighted by Crippen LogP contribution is -2.17. The van der Waals surface area contributed by atoms with Crippen molar-refractivity contribution in [3.8, 4) is 5.75 Å². The predicted molar refractivity (Wildman–Crippen MR) is 56.2 cm³/mol. The fraction of sp³-hybridized carbons (Fsp3) is 0.400. The van der Waals surface area contributed by atoms with E-state index in [4.69, 9.17) is 10.5 Å². The van der Waals surface area contributed by atoms with Crippen LogP contribution in [0.3, 0.4) is 0 Å². The van der Waals surface area contributed by atoms with Gasteiger partial charge in [0.1, 0.15) is 12.4 Å². The normalized spacial score (nSPS) is 12.8. The van der Waals surface area contributed by atoms with E-state index in [0.29, 0.717) is 0 Å². The summed E-state index contributed by atoms with van der Waals surface area (Å²) in [5, 5.41) is 3.20. The van der Waals surface area contributed by atoms with Crippen LogP contribution in [0.5, 0.6) is 5.75 Å². The Labute approximate surface area is 78.9 Å². The van der Waals surface area contributed by atoms with Crippen LogP contribution >= 0.6 is 0 Å². The predicted octanol–water partition coefficient (Wildman–Crippen LogP) is 2.10. The lowest BCUT2D eigenvalue weighted by Gasteiger charge is -2.18. The Morgan fingerprint density at radius 2 is 2.15 bits per heavy atom. The Morgan fingerprint density at radius 1 is 1.38 bits per heavy atom. The first-order chi connectivity index (χ1) is 6.36. The smallest absolute Gasteiger partial charge is 0.142 e. The average molecular weight is 180 g/mol. The van der Waals surface area contributed by atoms with Crippen molar-refractivity contribution in [3.05, 3.63) is 18.2 Å². The summed E-state index contributed by atoms with van der Waals surface area (Å²) < 4.78 is 5.36. The number of ether oxygens (including phenoxy) is 1. The number of nitrogens with one attached hydrogen (secondary N) is 1. The number of fused-ring (bicyclic) bond motifs is 1. The van der Waals surface area contributed by atoms with E-state index in [-0.39, 0.29) is 0 Å². The molecule has 2 rings (SSSR count). The number of nitrogens with two attached hydrogens (primary N) is 1. The van der Waals surface area contributed by atoms with Crippen LogP contribution in [0.1, 0.15) is 13.8 Å². The van der Waals surface area contributed by atoms with Crippen molar-refractivity contribution >= 4 is 11.4 Å². The molecule has 0 bridgehead atoms. The van der Waals surface area contributed by atoms with E-state index >= 15 is 0 Å². The van der Waals surface area contributed by atoms with Gasteiger partial charge < -0.3 is 15.8 Å². The zero-order valence-corrected chi connectivity index (χ0v) is 8.13. The number of rotatable bonds is 0.